The fourth-order valence-corrected chi connectivity index (χ4v) is 2.98. The molecule has 0 aliphatic heterocycles. The van der Waals surface area contributed by atoms with E-state index in [1.165, 1.54) is 27.5 Å². The van der Waals surface area contributed by atoms with E-state index in [0.717, 1.165) is 17.6 Å². The average Bonchev–Trinajstić information content (AvgIpc) is 3.19. The molecule has 0 aliphatic rings. The van der Waals surface area contributed by atoms with Crippen molar-refractivity contribution in [3.63, 3.8) is 0 Å². The van der Waals surface area contributed by atoms with Crippen molar-refractivity contribution in [1.82, 2.24) is 19.6 Å². The van der Waals surface area contributed by atoms with Crippen LogP contribution >= 0.6 is 0 Å². The van der Waals surface area contributed by atoms with E-state index in [4.69, 9.17) is 0 Å². The standard InChI is InChI=1S/C11H14N2.C9H10N2.C2H6/c1-4-13-7-10-6-8(2)5-9(3)11(10)12-13;1-7-3-4-9-8(5-7)6-11(2)10-9;1-2/h5-7H,4H2,1-3H3;3-6H,1-2H3;1-2H3. The van der Waals surface area contributed by atoms with Crippen LogP contribution in [0.5, 0.6) is 0 Å². The minimum absolute atomic E-state index is 0.938. The predicted octanol–water partition coefficient (Wildman–Crippen LogP) is 5.58. The summed E-state index contributed by atoms with van der Waals surface area (Å²) in [6, 6.07) is 10.6. The molecule has 26 heavy (non-hydrogen) atoms. The molecule has 0 bridgehead atoms. The number of hydrogen-bond donors (Lipinski definition) is 0. The number of aromatic nitrogens is 4. The molecule has 4 heteroatoms. The molecular weight excluding hydrogens is 320 g/mol. The van der Waals surface area contributed by atoms with Crippen LogP contribution in [0.3, 0.4) is 0 Å². The van der Waals surface area contributed by atoms with E-state index in [1.54, 1.807) is 0 Å². The summed E-state index contributed by atoms with van der Waals surface area (Å²) in [5.74, 6) is 0. The average molecular weight is 351 g/mol. The Bertz CT molecular complexity index is 992. The van der Waals surface area contributed by atoms with Gasteiger partial charge in [-0.25, -0.2) is 0 Å². The Morgan fingerprint density at radius 3 is 2.23 bits per heavy atom. The Kier molecular flexibility index (Phi) is 6.56. The molecule has 0 saturated heterocycles. The zero-order chi connectivity index (χ0) is 19.3. The third kappa shape index (κ3) is 4.51. The lowest BCUT2D eigenvalue weighted by atomic mass is 10.1. The Morgan fingerprint density at radius 1 is 0.846 bits per heavy atom. The topological polar surface area (TPSA) is 35.6 Å². The molecule has 0 radical (unpaired) electrons. The quantitative estimate of drug-likeness (QED) is 0.449. The maximum Gasteiger partial charge on any atom is 0.0952 e. The maximum atomic E-state index is 4.49. The van der Waals surface area contributed by atoms with Gasteiger partial charge < -0.3 is 0 Å². The summed E-state index contributed by atoms with van der Waals surface area (Å²) in [6.07, 6.45) is 4.14. The van der Waals surface area contributed by atoms with Crippen LogP contribution < -0.4 is 0 Å². The Morgan fingerprint density at radius 2 is 1.54 bits per heavy atom. The summed E-state index contributed by atoms with van der Waals surface area (Å²) in [4.78, 5) is 0. The van der Waals surface area contributed by atoms with Gasteiger partial charge in [0, 0.05) is 36.8 Å². The maximum absolute atomic E-state index is 4.49. The smallest absolute Gasteiger partial charge is 0.0952 e. The van der Waals surface area contributed by atoms with Gasteiger partial charge in [0.15, 0.2) is 0 Å². The number of hydrogen-bond acceptors (Lipinski definition) is 2. The summed E-state index contributed by atoms with van der Waals surface area (Å²) >= 11 is 0. The highest BCUT2D eigenvalue weighted by Gasteiger charge is 2.02. The number of aryl methyl sites for hydroxylation is 5. The van der Waals surface area contributed by atoms with Crippen molar-refractivity contribution >= 4 is 21.8 Å². The molecular formula is C22H30N4. The van der Waals surface area contributed by atoms with Crippen LogP contribution in [0.2, 0.25) is 0 Å². The van der Waals surface area contributed by atoms with E-state index < -0.39 is 0 Å². The van der Waals surface area contributed by atoms with Gasteiger partial charge in [-0.3, -0.25) is 9.36 Å². The van der Waals surface area contributed by atoms with Crippen molar-refractivity contribution in [2.24, 2.45) is 7.05 Å². The molecule has 4 aromatic rings. The highest BCUT2D eigenvalue weighted by atomic mass is 15.3. The predicted molar refractivity (Wildman–Crippen MR) is 112 cm³/mol. The first kappa shape index (κ1) is 19.7. The molecule has 0 saturated carbocycles. The van der Waals surface area contributed by atoms with Crippen molar-refractivity contribution in [3.05, 3.63) is 59.4 Å². The molecule has 0 unspecified atom stereocenters. The Balaban J connectivity index is 0.000000173. The molecule has 138 valence electrons. The molecule has 0 atom stereocenters. The minimum atomic E-state index is 0.938. The van der Waals surface area contributed by atoms with Gasteiger partial charge in [-0.05, 0) is 51.5 Å². The van der Waals surface area contributed by atoms with Gasteiger partial charge >= 0.3 is 0 Å². The molecule has 2 heterocycles. The van der Waals surface area contributed by atoms with Gasteiger partial charge in [0.2, 0.25) is 0 Å². The summed E-state index contributed by atoms with van der Waals surface area (Å²) in [7, 11) is 1.94. The highest BCUT2D eigenvalue weighted by molar-refractivity contribution is 5.82. The summed E-state index contributed by atoms with van der Waals surface area (Å²) in [5, 5.41) is 11.2. The first-order valence-corrected chi connectivity index (χ1v) is 9.30. The summed E-state index contributed by atoms with van der Waals surface area (Å²) < 4.78 is 3.82. The fraction of sp³-hybridized carbons (Fsp3) is 0.364. The molecule has 0 fully saturated rings. The third-order valence-corrected chi connectivity index (χ3v) is 4.09. The minimum Gasteiger partial charge on any atom is -0.275 e. The zero-order valence-corrected chi connectivity index (χ0v) is 17.0. The van der Waals surface area contributed by atoms with Crippen LogP contribution in [0.1, 0.15) is 37.5 Å². The molecule has 0 aliphatic carbocycles. The van der Waals surface area contributed by atoms with Crippen molar-refractivity contribution in [2.45, 2.75) is 48.1 Å². The van der Waals surface area contributed by atoms with E-state index >= 15 is 0 Å². The van der Waals surface area contributed by atoms with Crippen molar-refractivity contribution in [2.75, 3.05) is 0 Å². The molecule has 4 rings (SSSR count). The molecule has 0 N–H and O–H groups in total. The first-order chi connectivity index (χ1) is 12.5. The first-order valence-electron chi connectivity index (χ1n) is 9.30. The second kappa shape index (κ2) is 8.65. The van der Waals surface area contributed by atoms with Gasteiger partial charge in [-0.2, -0.15) is 10.2 Å². The lowest BCUT2D eigenvalue weighted by Crippen LogP contribution is -1.92. The number of benzene rings is 2. The fourth-order valence-electron chi connectivity index (χ4n) is 2.98. The van der Waals surface area contributed by atoms with Crippen molar-refractivity contribution < 1.29 is 0 Å². The van der Waals surface area contributed by atoms with E-state index in [0.29, 0.717) is 0 Å². The summed E-state index contributed by atoms with van der Waals surface area (Å²) in [6.45, 7) is 13.4. The Hall–Kier alpha value is -2.62. The SMILES string of the molecule is CC.CCn1cc2cc(C)cc(C)c2n1.Cc1ccc2nn(C)cc2c1. The molecule has 4 nitrogen and oxygen atoms in total. The van der Waals surface area contributed by atoms with Gasteiger partial charge in [-0.15, -0.1) is 0 Å². The van der Waals surface area contributed by atoms with Crippen LogP contribution in [0.15, 0.2) is 42.7 Å². The molecule has 2 aromatic heterocycles. The van der Waals surface area contributed by atoms with Crippen LogP contribution in [0.4, 0.5) is 0 Å². The zero-order valence-electron chi connectivity index (χ0n) is 17.0. The number of nitrogens with zero attached hydrogens (tertiary/aromatic N) is 4. The van der Waals surface area contributed by atoms with Gasteiger partial charge in [0.05, 0.1) is 11.0 Å². The normalized spacial score (nSPS) is 10.3. The summed E-state index contributed by atoms with van der Waals surface area (Å²) in [5.41, 5.74) is 6.05. The van der Waals surface area contributed by atoms with Crippen LogP contribution in [0, 0.1) is 20.8 Å². The monoisotopic (exact) mass is 350 g/mol. The van der Waals surface area contributed by atoms with E-state index in [2.05, 4.69) is 68.4 Å². The van der Waals surface area contributed by atoms with E-state index in [1.807, 2.05) is 42.5 Å². The van der Waals surface area contributed by atoms with Gasteiger partial charge in [0.1, 0.15) is 0 Å². The highest BCUT2D eigenvalue weighted by Crippen LogP contribution is 2.18. The van der Waals surface area contributed by atoms with Crippen LogP contribution in [-0.4, -0.2) is 19.6 Å². The van der Waals surface area contributed by atoms with E-state index in [9.17, 15) is 0 Å². The Labute approximate surface area is 156 Å². The van der Waals surface area contributed by atoms with Crippen molar-refractivity contribution in [3.8, 4) is 0 Å². The molecule has 0 spiro atoms. The second-order valence-corrected chi connectivity index (χ2v) is 6.37. The second-order valence-electron chi connectivity index (χ2n) is 6.37. The molecule has 2 aromatic carbocycles. The lowest BCUT2D eigenvalue weighted by molar-refractivity contribution is 0.667. The third-order valence-electron chi connectivity index (χ3n) is 4.09. The lowest BCUT2D eigenvalue weighted by Gasteiger charge is -1.95. The molecule has 0 amide bonds. The van der Waals surface area contributed by atoms with Gasteiger partial charge in [0.25, 0.3) is 0 Å². The van der Waals surface area contributed by atoms with E-state index in [-0.39, 0.29) is 0 Å². The van der Waals surface area contributed by atoms with Crippen LogP contribution in [-0.2, 0) is 13.6 Å². The largest absolute Gasteiger partial charge is 0.275 e. The number of fused-ring (bicyclic) bond motifs is 2. The van der Waals surface area contributed by atoms with Crippen LogP contribution in [0.25, 0.3) is 21.8 Å². The van der Waals surface area contributed by atoms with Gasteiger partial charge in [-0.1, -0.05) is 37.1 Å². The number of rotatable bonds is 1. The van der Waals surface area contributed by atoms with Crippen molar-refractivity contribution in [1.29, 1.82) is 0 Å².